The van der Waals surface area contributed by atoms with Gasteiger partial charge in [-0.1, -0.05) is 13.8 Å². The van der Waals surface area contributed by atoms with Crippen LogP contribution in [0.25, 0.3) is 0 Å². The van der Waals surface area contributed by atoms with Gasteiger partial charge in [-0.3, -0.25) is 0 Å². The zero-order valence-corrected chi connectivity index (χ0v) is 11.4. The van der Waals surface area contributed by atoms with Gasteiger partial charge in [-0.2, -0.15) is 0 Å². The van der Waals surface area contributed by atoms with Gasteiger partial charge in [-0.05, 0) is 13.0 Å². The van der Waals surface area contributed by atoms with Gasteiger partial charge in [0.25, 0.3) is 0 Å². The van der Waals surface area contributed by atoms with Crippen molar-refractivity contribution >= 4 is 16.5 Å². The second-order valence-electron chi connectivity index (χ2n) is 4.25. The Hall–Kier alpha value is -0.650. The van der Waals surface area contributed by atoms with Crippen LogP contribution in [0.5, 0.6) is 0 Å². The number of hydrogen-bond acceptors (Lipinski definition) is 5. The minimum absolute atomic E-state index is 0.366. The molecule has 1 aliphatic rings. The van der Waals surface area contributed by atoms with Crippen LogP contribution in [-0.2, 0) is 11.3 Å². The summed E-state index contributed by atoms with van der Waals surface area (Å²) >= 11 is 1.74. The summed E-state index contributed by atoms with van der Waals surface area (Å²) in [6.07, 6.45) is 1.44. The summed E-state index contributed by atoms with van der Waals surface area (Å²) < 4.78 is 5.67. The van der Waals surface area contributed by atoms with Crippen molar-refractivity contribution in [1.29, 1.82) is 0 Å². The van der Waals surface area contributed by atoms with E-state index in [4.69, 9.17) is 4.74 Å². The highest BCUT2D eigenvalue weighted by Crippen LogP contribution is 2.23. The average Bonchev–Trinajstić information content (AvgIpc) is 2.85. The molecule has 1 atom stereocenters. The van der Waals surface area contributed by atoms with Crippen LogP contribution < -0.4 is 10.2 Å². The first-order valence-corrected chi connectivity index (χ1v) is 7.23. The van der Waals surface area contributed by atoms with E-state index in [1.54, 1.807) is 11.3 Å². The molecule has 1 N–H and O–H groups in total. The Labute approximate surface area is 107 Å². The Morgan fingerprint density at radius 1 is 1.59 bits per heavy atom. The Morgan fingerprint density at radius 3 is 3.24 bits per heavy atom. The molecule has 1 aliphatic heterocycles. The molecule has 0 saturated carbocycles. The van der Waals surface area contributed by atoms with Crippen LogP contribution in [0, 0.1) is 0 Å². The highest BCUT2D eigenvalue weighted by molar-refractivity contribution is 7.13. The molecule has 1 aromatic heterocycles. The lowest BCUT2D eigenvalue weighted by Gasteiger charge is -2.32. The third kappa shape index (κ3) is 3.40. The van der Waals surface area contributed by atoms with E-state index in [9.17, 15) is 0 Å². The first kappa shape index (κ1) is 12.8. The lowest BCUT2D eigenvalue weighted by molar-refractivity contribution is 0.0384. The summed E-state index contributed by atoms with van der Waals surface area (Å²) in [4.78, 5) is 7.01. The van der Waals surface area contributed by atoms with E-state index in [0.717, 1.165) is 50.0 Å². The largest absolute Gasteiger partial charge is 0.375 e. The normalized spacial score (nSPS) is 20.8. The lowest BCUT2D eigenvalue weighted by atomic mass is 10.2. The fraction of sp³-hybridized carbons (Fsp3) is 0.750. The first-order chi connectivity index (χ1) is 8.33. The van der Waals surface area contributed by atoms with Crippen LogP contribution in [0.2, 0.25) is 0 Å². The fourth-order valence-electron chi connectivity index (χ4n) is 1.92. The van der Waals surface area contributed by atoms with Crippen LogP contribution >= 0.6 is 11.3 Å². The van der Waals surface area contributed by atoms with Crippen molar-refractivity contribution < 1.29 is 4.74 Å². The molecule has 0 spiro atoms. The van der Waals surface area contributed by atoms with Crippen LogP contribution in [0.3, 0.4) is 0 Å². The number of rotatable bonds is 5. The van der Waals surface area contributed by atoms with Crippen molar-refractivity contribution in [3.05, 3.63) is 11.1 Å². The van der Waals surface area contributed by atoms with E-state index < -0.39 is 0 Å². The summed E-state index contributed by atoms with van der Waals surface area (Å²) in [6.45, 7) is 8.90. The summed E-state index contributed by atoms with van der Waals surface area (Å²) in [5, 5.41) is 6.59. The van der Waals surface area contributed by atoms with Gasteiger partial charge in [0.15, 0.2) is 5.13 Å². The second-order valence-corrected chi connectivity index (χ2v) is 5.09. The molecule has 1 aromatic rings. The van der Waals surface area contributed by atoms with Crippen molar-refractivity contribution in [2.75, 3.05) is 31.1 Å². The third-order valence-electron chi connectivity index (χ3n) is 2.96. The molecule has 5 heteroatoms. The maximum absolute atomic E-state index is 5.67. The molecule has 0 bridgehead atoms. The monoisotopic (exact) mass is 255 g/mol. The van der Waals surface area contributed by atoms with Crippen LogP contribution in [0.1, 0.15) is 26.0 Å². The number of thiazole rings is 1. The van der Waals surface area contributed by atoms with Crippen LogP contribution in [0.15, 0.2) is 5.38 Å². The topological polar surface area (TPSA) is 37.4 Å². The summed E-state index contributed by atoms with van der Waals surface area (Å²) in [5.41, 5.74) is 1.14. The van der Waals surface area contributed by atoms with Gasteiger partial charge in [0.2, 0.25) is 0 Å². The van der Waals surface area contributed by atoms with Crippen molar-refractivity contribution in [2.45, 2.75) is 32.9 Å². The summed E-state index contributed by atoms with van der Waals surface area (Å²) in [6, 6.07) is 0. The molecule has 1 fully saturated rings. The number of ether oxygens (including phenoxy) is 1. The number of nitrogens with one attached hydrogen (secondary N) is 1. The van der Waals surface area contributed by atoms with Crippen LogP contribution in [-0.4, -0.2) is 37.3 Å². The fourth-order valence-corrected chi connectivity index (χ4v) is 2.78. The molecule has 1 unspecified atom stereocenters. The number of hydrogen-bond donors (Lipinski definition) is 1. The van der Waals surface area contributed by atoms with Crippen molar-refractivity contribution in [3.8, 4) is 0 Å². The molecule has 4 nitrogen and oxygen atoms in total. The van der Waals surface area contributed by atoms with Gasteiger partial charge in [0.1, 0.15) is 0 Å². The number of nitrogens with zero attached hydrogens (tertiary/aromatic N) is 2. The maximum Gasteiger partial charge on any atom is 0.185 e. The molecule has 96 valence electrons. The van der Waals surface area contributed by atoms with E-state index in [1.807, 2.05) is 0 Å². The van der Waals surface area contributed by atoms with Crippen molar-refractivity contribution in [1.82, 2.24) is 10.3 Å². The van der Waals surface area contributed by atoms with E-state index in [2.05, 4.69) is 34.4 Å². The van der Waals surface area contributed by atoms with Gasteiger partial charge < -0.3 is 15.0 Å². The molecule has 0 radical (unpaired) electrons. The molecule has 0 aromatic carbocycles. The Bertz CT molecular complexity index is 342. The highest BCUT2D eigenvalue weighted by atomic mass is 32.1. The number of anilines is 1. The van der Waals surface area contributed by atoms with Gasteiger partial charge in [-0.15, -0.1) is 11.3 Å². The van der Waals surface area contributed by atoms with Gasteiger partial charge >= 0.3 is 0 Å². The van der Waals surface area contributed by atoms with Crippen molar-refractivity contribution in [2.24, 2.45) is 0 Å². The van der Waals surface area contributed by atoms with Gasteiger partial charge in [-0.25, -0.2) is 4.98 Å². The quantitative estimate of drug-likeness (QED) is 0.871. The molecule has 2 heterocycles. The average molecular weight is 255 g/mol. The SMILES string of the molecule is CCNCc1csc(N2CCOC(CC)C2)n1. The second kappa shape index (κ2) is 6.33. The highest BCUT2D eigenvalue weighted by Gasteiger charge is 2.21. The molecule has 2 rings (SSSR count). The third-order valence-corrected chi connectivity index (χ3v) is 3.91. The Kier molecular flexibility index (Phi) is 4.76. The minimum atomic E-state index is 0.366. The predicted molar refractivity (Wildman–Crippen MR) is 71.7 cm³/mol. The number of morpholine rings is 1. The molecule has 0 amide bonds. The van der Waals surface area contributed by atoms with E-state index in [0.29, 0.717) is 6.10 Å². The predicted octanol–water partition coefficient (Wildman–Crippen LogP) is 1.87. The van der Waals surface area contributed by atoms with E-state index in [1.165, 1.54) is 0 Å². The molecule has 0 aliphatic carbocycles. The van der Waals surface area contributed by atoms with Gasteiger partial charge in [0, 0.05) is 25.0 Å². The maximum atomic E-state index is 5.67. The van der Waals surface area contributed by atoms with Crippen molar-refractivity contribution in [3.63, 3.8) is 0 Å². The van der Waals surface area contributed by atoms with Gasteiger partial charge in [0.05, 0.1) is 18.4 Å². The smallest absolute Gasteiger partial charge is 0.185 e. The summed E-state index contributed by atoms with van der Waals surface area (Å²) in [5.74, 6) is 0. The molecule has 17 heavy (non-hydrogen) atoms. The lowest BCUT2D eigenvalue weighted by Crippen LogP contribution is -2.42. The number of aromatic nitrogens is 1. The van der Waals surface area contributed by atoms with Crippen LogP contribution in [0.4, 0.5) is 5.13 Å². The zero-order chi connectivity index (χ0) is 12.1. The Morgan fingerprint density at radius 2 is 2.47 bits per heavy atom. The standard InChI is InChI=1S/C12H21N3OS/c1-3-11-8-15(5-6-16-11)12-14-10(9-17-12)7-13-4-2/h9,11,13H,3-8H2,1-2H3. The van der Waals surface area contributed by atoms with E-state index >= 15 is 0 Å². The van der Waals surface area contributed by atoms with E-state index in [-0.39, 0.29) is 0 Å². The first-order valence-electron chi connectivity index (χ1n) is 6.35. The molecular formula is C12H21N3OS. The minimum Gasteiger partial charge on any atom is -0.375 e. The Balaban J connectivity index is 1.94. The molecular weight excluding hydrogens is 234 g/mol. The molecule has 1 saturated heterocycles. The zero-order valence-electron chi connectivity index (χ0n) is 10.6. The summed E-state index contributed by atoms with van der Waals surface area (Å²) in [7, 11) is 0.